The van der Waals surface area contributed by atoms with Crippen molar-refractivity contribution < 1.29 is 18.0 Å². The molecule has 0 spiro atoms. The lowest BCUT2D eigenvalue weighted by Gasteiger charge is -2.05. The van der Waals surface area contributed by atoms with Gasteiger partial charge in [0.05, 0.1) is 5.39 Å². The van der Waals surface area contributed by atoms with E-state index in [1.165, 1.54) is 6.07 Å². The van der Waals surface area contributed by atoms with Crippen LogP contribution in [-0.4, -0.2) is 21.8 Å². The molecule has 5 nitrogen and oxygen atoms in total. The molecule has 0 atom stereocenters. The van der Waals surface area contributed by atoms with Crippen LogP contribution in [0.25, 0.3) is 10.9 Å². The highest BCUT2D eigenvalue weighted by Crippen LogP contribution is 2.12. The Morgan fingerprint density at radius 1 is 1.26 bits per heavy atom. The largest absolute Gasteiger partial charge is 0.392 e. The highest BCUT2D eigenvalue weighted by molar-refractivity contribution is 5.76. The van der Waals surface area contributed by atoms with E-state index in [9.17, 15) is 18.0 Å². The Balaban J connectivity index is 2.16. The van der Waals surface area contributed by atoms with E-state index in [1.807, 2.05) is 0 Å². The van der Waals surface area contributed by atoms with Crippen LogP contribution in [-0.2, 0) is 0 Å². The van der Waals surface area contributed by atoms with Crippen LogP contribution in [0.15, 0.2) is 41.0 Å². The van der Waals surface area contributed by atoms with Crippen molar-refractivity contribution in [1.82, 2.24) is 15.2 Å². The molecular formula is C11H8F3N3O2. The summed E-state index contributed by atoms with van der Waals surface area (Å²) < 4.78 is 36.1. The van der Waals surface area contributed by atoms with Gasteiger partial charge in [-0.3, -0.25) is 4.79 Å². The van der Waals surface area contributed by atoms with E-state index in [-0.39, 0.29) is 5.39 Å². The molecule has 0 unspecified atom stereocenters. The molecule has 0 fully saturated rings. The minimum atomic E-state index is -2.40. The highest BCUT2D eigenvalue weighted by Gasteiger charge is 2.08. The molecule has 0 amide bonds. The van der Waals surface area contributed by atoms with Crippen molar-refractivity contribution in [3.8, 4) is 0 Å². The molecule has 0 saturated carbocycles. The fraction of sp³-hybridized carbons (Fsp3) is 0.182. The number of benzene rings is 1. The van der Waals surface area contributed by atoms with E-state index >= 15 is 0 Å². The van der Waals surface area contributed by atoms with Gasteiger partial charge in [0, 0.05) is 6.42 Å². The van der Waals surface area contributed by atoms with E-state index in [0.717, 1.165) is 0 Å². The molecule has 2 aromatic rings. The van der Waals surface area contributed by atoms with Gasteiger partial charge in [-0.25, -0.2) is 4.39 Å². The van der Waals surface area contributed by atoms with Crippen LogP contribution in [0.5, 0.6) is 0 Å². The molecule has 0 bridgehead atoms. The van der Waals surface area contributed by atoms with Crippen molar-refractivity contribution in [3.63, 3.8) is 0 Å². The number of nitrogens with zero attached hydrogens (tertiary/aromatic N) is 3. The van der Waals surface area contributed by atoms with Gasteiger partial charge in [0.15, 0.2) is 5.83 Å². The summed E-state index contributed by atoms with van der Waals surface area (Å²) in [5, 5.41) is 7.43. The zero-order valence-corrected chi connectivity index (χ0v) is 9.52. The lowest BCUT2D eigenvalue weighted by molar-refractivity contribution is 0.0659. The summed E-state index contributed by atoms with van der Waals surface area (Å²) >= 11 is 0. The third kappa shape index (κ3) is 2.90. The first-order chi connectivity index (χ1) is 9.09. The molecule has 0 N–H and O–H groups in total. The van der Waals surface area contributed by atoms with Crippen LogP contribution in [0.3, 0.4) is 0 Å². The Hall–Kier alpha value is -2.38. The molecule has 0 radical (unpaired) electrons. The summed E-state index contributed by atoms with van der Waals surface area (Å²) in [6.45, 7) is -0.448. The van der Waals surface area contributed by atoms with Gasteiger partial charge in [-0.05, 0) is 22.2 Å². The van der Waals surface area contributed by atoms with Crippen molar-refractivity contribution in [3.05, 3.63) is 46.5 Å². The van der Waals surface area contributed by atoms with E-state index in [4.69, 9.17) is 4.84 Å². The van der Waals surface area contributed by atoms with Gasteiger partial charge in [-0.1, -0.05) is 12.1 Å². The molecule has 0 aliphatic carbocycles. The van der Waals surface area contributed by atoms with E-state index in [2.05, 4.69) is 10.3 Å². The summed E-state index contributed by atoms with van der Waals surface area (Å²) in [4.78, 5) is 17.2. The Kier molecular flexibility index (Phi) is 3.79. The van der Waals surface area contributed by atoms with Crippen molar-refractivity contribution >= 4 is 10.9 Å². The quantitative estimate of drug-likeness (QED) is 0.849. The van der Waals surface area contributed by atoms with Gasteiger partial charge in [0.2, 0.25) is 0 Å². The zero-order chi connectivity index (χ0) is 13.8. The van der Waals surface area contributed by atoms with Gasteiger partial charge in [0.25, 0.3) is 0 Å². The van der Waals surface area contributed by atoms with Crippen molar-refractivity contribution in [2.24, 2.45) is 0 Å². The summed E-state index contributed by atoms with van der Waals surface area (Å²) in [6, 6.07) is 6.44. The molecule has 0 aliphatic heterocycles. The standard InChI is InChI=1S/C11H8F3N3O2/c12-8(10(13)14)5-6-19-17-11(18)7-3-1-2-4-9(7)15-16-17/h1-4H,5-6H2. The zero-order valence-electron chi connectivity index (χ0n) is 9.52. The smallest absolute Gasteiger partial charge is 0.314 e. The number of fused-ring (bicyclic) bond motifs is 1. The maximum absolute atomic E-state index is 12.5. The van der Waals surface area contributed by atoms with Crippen molar-refractivity contribution in [1.29, 1.82) is 0 Å². The lowest BCUT2D eigenvalue weighted by atomic mass is 10.2. The molecule has 2 rings (SSSR count). The third-order valence-electron chi connectivity index (χ3n) is 2.28. The number of hydrogen-bond acceptors (Lipinski definition) is 4. The Labute approximate surface area is 104 Å². The molecular weight excluding hydrogens is 263 g/mol. The predicted octanol–water partition coefficient (Wildman–Crippen LogP) is 1.69. The maximum atomic E-state index is 12.5. The van der Waals surface area contributed by atoms with Gasteiger partial charge in [-0.2, -0.15) is 8.78 Å². The van der Waals surface area contributed by atoms with Crippen LogP contribution >= 0.6 is 0 Å². The summed E-state index contributed by atoms with van der Waals surface area (Å²) in [7, 11) is 0. The van der Waals surface area contributed by atoms with Crippen LogP contribution in [0.4, 0.5) is 13.2 Å². The number of aromatic nitrogens is 3. The molecule has 8 heteroatoms. The fourth-order valence-corrected chi connectivity index (χ4v) is 1.37. The van der Waals surface area contributed by atoms with Gasteiger partial charge >= 0.3 is 11.6 Å². The first-order valence-corrected chi connectivity index (χ1v) is 5.27. The number of hydrogen-bond donors (Lipinski definition) is 0. The van der Waals surface area contributed by atoms with Crippen LogP contribution in [0.1, 0.15) is 6.42 Å². The maximum Gasteiger partial charge on any atom is 0.314 e. The van der Waals surface area contributed by atoms with Gasteiger partial charge in [0.1, 0.15) is 12.1 Å². The van der Waals surface area contributed by atoms with Crippen LogP contribution < -0.4 is 10.4 Å². The molecule has 1 heterocycles. The van der Waals surface area contributed by atoms with E-state index in [1.54, 1.807) is 18.2 Å². The van der Waals surface area contributed by atoms with E-state index < -0.39 is 30.5 Å². The second-order valence-electron chi connectivity index (χ2n) is 3.53. The minimum absolute atomic E-state index is 0.269. The third-order valence-corrected chi connectivity index (χ3v) is 2.28. The second kappa shape index (κ2) is 5.51. The monoisotopic (exact) mass is 271 g/mol. The summed E-state index contributed by atoms with van der Waals surface area (Å²) in [5.41, 5.74) is -0.205. The minimum Gasteiger partial charge on any atom is -0.392 e. The Morgan fingerprint density at radius 3 is 2.74 bits per heavy atom. The van der Waals surface area contributed by atoms with Crippen molar-refractivity contribution in [2.75, 3.05) is 6.61 Å². The molecule has 100 valence electrons. The Morgan fingerprint density at radius 2 is 2.00 bits per heavy atom. The molecule has 0 saturated heterocycles. The number of halogens is 3. The van der Waals surface area contributed by atoms with E-state index in [0.29, 0.717) is 10.4 Å². The molecule has 1 aromatic carbocycles. The second-order valence-corrected chi connectivity index (χ2v) is 3.53. The average Bonchev–Trinajstić information content (AvgIpc) is 2.41. The predicted molar refractivity (Wildman–Crippen MR) is 60.2 cm³/mol. The van der Waals surface area contributed by atoms with Gasteiger partial charge < -0.3 is 4.84 Å². The van der Waals surface area contributed by atoms with Crippen LogP contribution in [0, 0.1) is 0 Å². The summed E-state index contributed by atoms with van der Waals surface area (Å²) in [6.07, 6.45) is -3.05. The average molecular weight is 271 g/mol. The lowest BCUT2D eigenvalue weighted by Crippen LogP contribution is -2.31. The van der Waals surface area contributed by atoms with Crippen molar-refractivity contribution in [2.45, 2.75) is 6.42 Å². The molecule has 1 aromatic heterocycles. The molecule has 19 heavy (non-hydrogen) atoms. The topological polar surface area (TPSA) is 57.0 Å². The normalized spacial score (nSPS) is 10.5. The fourth-order valence-electron chi connectivity index (χ4n) is 1.37. The Bertz CT molecular complexity index is 680. The van der Waals surface area contributed by atoms with Crippen LogP contribution in [0.2, 0.25) is 0 Å². The number of rotatable bonds is 4. The molecule has 0 aliphatic rings. The van der Waals surface area contributed by atoms with Gasteiger partial charge in [-0.15, -0.1) is 5.10 Å². The summed E-state index contributed by atoms with van der Waals surface area (Å²) in [5.74, 6) is -1.58. The highest BCUT2D eigenvalue weighted by atomic mass is 19.3. The first-order valence-electron chi connectivity index (χ1n) is 5.27. The first kappa shape index (κ1) is 13.1. The SMILES string of the molecule is O=c1c2ccccc2nnn1OCCC(F)=C(F)F.